The van der Waals surface area contributed by atoms with Crippen LogP contribution < -0.4 is 0 Å². The molecule has 4 heteroatoms. The summed E-state index contributed by atoms with van der Waals surface area (Å²) in [7, 11) is 1.20. The predicted molar refractivity (Wildman–Crippen MR) is 55.6 cm³/mol. The molecule has 4 nitrogen and oxygen atoms in total. The molecule has 0 spiro atoms. The van der Waals surface area contributed by atoms with Crippen molar-refractivity contribution in [3.05, 3.63) is 22.8 Å². The normalized spacial score (nSPS) is 20.4. The zero-order valence-electron chi connectivity index (χ0n) is 9.04. The number of esters is 1. The molecule has 0 atom stereocenters. The summed E-state index contributed by atoms with van der Waals surface area (Å²) in [5.74, 6) is -1.27. The molecule has 0 N–H and O–H groups in total. The smallest absolute Gasteiger partial charge is 0.342 e. The first-order valence-corrected chi connectivity index (χ1v) is 5.26. The van der Waals surface area contributed by atoms with Crippen LogP contribution in [-0.4, -0.2) is 24.6 Å². The van der Waals surface area contributed by atoms with Gasteiger partial charge in [-0.05, 0) is 25.7 Å². The van der Waals surface area contributed by atoms with Crippen molar-refractivity contribution in [3.63, 3.8) is 0 Å². The molecule has 16 heavy (non-hydrogen) atoms. The van der Waals surface area contributed by atoms with E-state index >= 15 is 0 Å². The molecular weight excluding hydrogens is 208 g/mol. The number of rotatable bonds is 1. The number of hydrogen-bond acceptors (Lipinski definition) is 4. The van der Waals surface area contributed by atoms with Crippen molar-refractivity contribution < 1.29 is 19.1 Å². The highest BCUT2D eigenvalue weighted by Crippen LogP contribution is 2.31. The van der Waals surface area contributed by atoms with Crippen LogP contribution in [0.25, 0.3) is 0 Å². The maximum Gasteiger partial charge on any atom is 0.342 e. The second-order valence-corrected chi connectivity index (χ2v) is 3.91. The molecule has 84 valence electrons. The molecule has 0 aromatic carbocycles. The van der Waals surface area contributed by atoms with Gasteiger partial charge in [-0.3, -0.25) is 9.59 Å². The molecular formula is C12H12O4. The molecule has 2 aliphatic rings. The van der Waals surface area contributed by atoms with E-state index in [1.165, 1.54) is 7.11 Å². The molecule has 0 amide bonds. The number of ether oxygens (including phenoxy) is 1. The number of carbonyl (C=O) groups excluding carboxylic acids is 3. The van der Waals surface area contributed by atoms with Crippen molar-refractivity contribution in [2.24, 2.45) is 0 Å². The van der Waals surface area contributed by atoms with E-state index in [0.717, 1.165) is 18.9 Å². The first-order chi connectivity index (χ1) is 7.65. The molecule has 0 aromatic heterocycles. The Kier molecular flexibility index (Phi) is 2.73. The molecule has 0 bridgehead atoms. The topological polar surface area (TPSA) is 60.4 Å². The molecule has 0 radical (unpaired) electrons. The Morgan fingerprint density at radius 2 is 1.81 bits per heavy atom. The second kappa shape index (κ2) is 4.04. The van der Waals surface area contributed by atoms with Gasteiger partial charge in [0.2, 0.25) is 0 Å². The molecule has 0 saturated carbocycles. The first kappa shape index (κ1) is 10.8. The lowest BCUT2D eigenvalue weighted by Crippen LogP contribution is -2.26. The summed E-state index contributed by atoms with van der Waals surface area (Å²) in [6.45, 7) is 0. The van der Waals surface area contributed by atoms with Gasteiger partial charge in [0, 0.05) is 17.2 Å². The van der Waals surface area contributed by atoms with Gasteiger partial charge in [-0.25, -0.2) is 4.79 Å². The Morgan fingerprint density at radius 3 is 2.44 bits per heavy atom. The van der Waals surface area contributed by atoms with Gasteiger partial charge in [0.05, 0.1) is 7.11 Å². The van der Waals surface area contributed by atoms with Crippen molar-refractivity contribution in [1.82, 2.24) is 0 Å². The third-order valence-electron chi connectivity index (χ3n) is 2.96. The summed E-state index contributed by atoms with van der Waals surface area (Å²) in [4.78, 5) is 34.9. The van der Waals surface area contributed by atoms with Crippen LogP contribution in [0.15, 0.2) is 22.8 Å². The zero-order chi connectivity index (χ0) is 11.7. The van der Waals surface area contributed by atoms with Gasteiger partial charge in [0.1, 0.15) is 5.57 Å². The number of allylic oxidation sites excluding steroid dienone is 3. The fourth-order valence-corrected chi connectivity index (χ4v) is 2.14. The van der Waals surface area contributed by atoms with Gasteiger partial charge in [-0.15, -0.1) is 0 Å². The summed E-state index contributed by atoms with van der Waals surface area (Å²) >= 11 is 0. The van der Waals surface area contributed by atoms with Gasteiger partial charge < -0.3 is 4.74 Å². The third kappa shape index (κ3) is 1.60. The summed E-state index contributed by atoms with van der Waals surface area (Å²) in [5.41, 5.74) is 0.969. The minimum atomic E-state index is -0.726. The van der Waals surface area contributed by atoms with Gasteiger partial charge in [-0.2, -0.15) is 0 Å². The van der Waals surface area contributed by atoms with E-state index in [1.54, 1.807) is 0 Å². The Morgan fingerprint density at radius 1 is 1.19 bits per heavy atom. The molecule has 0 fully saturated rings. The highest BCUT2D eigenvalue weighted by atomic mass is 16.5. The van der Waals surface area contributed by atoms with Crippen molar-refractivity contribution in [1.29, 1.82) is 0 Å². The largest absolute Gasteiger partial charge is 0.465 e. The van der Waals surface area contributed by atoms with E-state index in [1.807, 2.05) is 0 Å². The van der Waals surface area contributed by atoms with Crippen LogP contribution in [0.1, 0.15) is 25.7 Å². The summed E-state index contributed by atoms with van der Waals surface area (Å²) < 4.78 is 4.49. The maximum absolute atomic E-state index is 11.9. The van der Waals surface area contributed by atoms with E-state index in [4.69, 9.17) is 0 Å². The highest BCUT2D eigenvalue weighted by Gasteiger charge is 2.33. The Hall–Kier alpha value is -1.71. The third-order valence-corrected chi connectivity index (χ3v) is 2.96. The van der Waals surface area contributed by atoms with Gasteiger partial charge >= 0.3 is 5.97 Å². The number of carbonyl (C=O) groups is 3. The number of hydrogen-bond donors (Lipinski definition) is 0. The summed E-state index contributed by atoms with van der Waals surface area (Å²) in [6.07, 6.45) is 4.17. The lowest BCUT2D eigenvalue weighted by Gasteiger charge is -2.21. The van der Waals surface area contributed by atoms with Crippen molar-refractivity contribution >= 4 is 17.5 Å². The number of ketones is 2. The average molecular weight is 220 g/mol. The molecule has 0 saturated heterocycles. The molecule has 0 unspecified atom stereocenters. The van der Waals surface area contributed by atoms with Crippen LogP contribution in [0.3, 0.4) is 0 Å². The molecule has 0 aromatic rings. The van der Waals surface area contributed by atoms with Crippen LogP contribution in [0.5, 0.6) is 0 Å². The summed E-state index contributed by atoms with van der Waals surface area (Å²) in [5, 5.41) is 0. The van der Waals surface area contributed by atoms with Crippen LogP contribution >= 0.6 is 0 Å². The lowest BCUT2D eigenvalue weighted by atomic mass is 9.81. The van der Waals surface area contributed by atoms with Crippen LogP contribution in [0.2, 0.25) is 0 Å². The van der Waals surface area contributed by atoms with Crippen molar-refractivity contribution in [2.45, 2.75) is 25.7 Å². The quantitative estimate of drug-likeness (QED) is 0.377. The monoisotopic (exact) mass is 220 g/mol. The molecule has 2 aliphatic carbocycles. The number of Topliss-reactive ketones (excluding diaryl/α,β-unsaturated/α-hetero) is 1. The first-order valence-electron chi connectivity index (χ1n) is 5.26. The molecule has 0 aliphatic heterocycles. The highest BCUT2D eigenvalue weighted by molar-refractivity contribution is 6.32. The summed E-state index contributed by atoms with van der Waals surface area (Å²) in [6, 6.07) is 0. The zero-order valence-corrected chi connectivity index (χ0v) is 9.04. The van der Waals surface area contributed by atoms with Crippen molar-refractivity contribution in [2.75, 3.05) is 7.11 Å². The van der Waals surface area contributed by atoms with Gasteiger partial charge in [0.25, 0.3) is 0 Å². The van der Waals surface area contributed by atoms with E-state index in [9.17, 15) is 14.4 Å². The van der Waals surface area contributed by atoms with Gasteiger partial charge in [-0.1, -0.05) is 0 Å². The van der Waals surface area contributed by atoms with Crippen LogP contribution in [0, 0.1) is 0 Å². The van der Waals surface area contributed by atoms with E-state index < -0.39 is 5.97 Å². The number of methoxy groups -OCH3 is 1. The lowest BCUT2D eigenvalue weighted by molar-refractivity contribution is -0.137. The Balaban J connectivity index is 2.40. The molecule has 2 rings (SSSR count). The fourth-order valence-electron chi connectivity index (χ4n) is 2.14. The fraction of sp³-hybridized carbons (Fsp3) is 0.417. The maximum atomic E-state index is 11.9. The SMILES string of the molecule is COC(=O)C1=CC(=O)C2=C(CCCC2)C1=O. The Bertz CT molecular complexity index is 440. The van der Waals surface area contributed by atoms with E-state index in [-0.39, 0.29) is 17.1 Å². The van der Waals surface area contributed by atoms with Crippen LogP contribution in [0.4, 0.5) is 0 Å². The van der Waals surface area contributed by atoms with E-state index in [2.05, 4.69) is 4.74 Å². The minimum absolute atomic E-state index is 0.131. The second-order valence-electron chi connectivity index (χ2n) is 3.91. The van der Waals surface area contributed by atoms with Crippen molar-refractivity contribution in [3.8, 4) is 0 Å². The van der Waals surface area contributed by atoms with E-state index in [0.29, 0.717) is 24.0 Å². The molecule has 0 heterocycles. The van der Waals surface area contributed by atoms with Gasteiger partial charge in [0.15, 0.2) is 11.6 Å². The average Bonchev–Trinajstić information content (AvgIpc) is 2.33. The van der Waals surface area contributed by atoms with Crippen LogP contribution in [-0.2, 0) is 19.1 Å². The standard InChI is InChI=1S/C12H12O4/c1-16-12(15)9-6-10(13)7-4-2-3-5-8(7)11(9)14/h6H,2-5H2,1H3. The minimum Gasteiger partial charge on any atom is -0.465 e. The predicted octanol–water partition coefficient (Wildman–Crippen LogP) is 1.11. The Labute approximate surface area is 93.0 Å².